The van der Waals surface area contributed by atoms with Gasteiger partial charge >= 0.3 is 0 Å². The Morgan fingerprint density at radius 2 is 2.15 bits per heavy atom. The number of carbonyl (C=O) groups excluding carboxylic acids is 1. The molecule has 0 aromatic carbocycles. The van der Waals surface area contributed by atoms with Gasteiger partial charge in [0.2, 0.25) is 5.91 Å². The molecule has 1 rings (SSSR count). The van der Waals surface area contributed by atoms with Crippen molar-refractivity contribution in [1.82, 2.24) is 4.31 Å². The van der Waals surface area contributed by atoms with E-state index in [-0.39, 0.29) is 8.55 Å². The first kappa shape index (κ1) is 16.8. The van der Waals surface area contributed by atoms with Crippen molar-refractivity contribution in [3.8, 4) is 0 Å². The van der Waals surface area contributed by atoms with Gasteiger partial charge in [-0.1, -0.05) is 11.6 Å². The molecule has 0 atom stereocenters. The molecule has 0 saturated heterocycles. The van der Waals surface area contributed by atoms with Gasteiger partial charge in [-0.2, -0.15) is 4.31 Å². The van der Waals surface area contributed by atoms with Crippen molar-refractivity contribution < 1.29 is 18.1 Å². The van der Waals surface area contributed by atoms with Gasteiger partial charge < -0.3 is 5.73 Å². The summed E-state index contributed by atoms with van der Waals surface area (Å²) in [6.07, 6.45) is 0. The molecular weight excluding hydrogens is 330 g/mol. The summed E-state index contributed by atoms with van der Waals surface area (Å²) in [5.74, 6) is -0.820. The number of carbonyl (C=O) groups is 1. The molecule has 0 bridgehead atoms. The van der Waals surface area contributed by atoms with Crippen LogP contribution in [0.15, 0.2) is 10.3 Å². The molecule has 0 fully saturated rings. The Balaban J connectivity index is 3.30. The van der Waals surface area contributed by atoms with E-state index in [4.69, 9.17) is 17.3 Å². The van der Waals surface area contributed by atoms with Crippen LogP contribution in [-0.2, 0) is 14.8 Å². The Bertz CT molecular complexity index is 640. The van der Waals surface area contributed by atoms with E-state index in [9.17, 15) is 23.3 Å². The Morgan fingerprint density at radius 1 is 1.60 bits per heavy atom. The number of nitro groups is 1. The van der Waals surface area contributed by atoms with Crippen LogP contribution >= 0.6 is 22.9 Å². The minimum atomic E-state index is -4.07. The van der Waals surface area contributed by atoms with E-state index >= 15 is 0 Å². The zero-order valence-electron chi connectivity index (χ0n) is 10.6. The molecule has 0 saturated carbocycles. The Labute approximate surface area is 124 Å². The number of halogens is 1. The maximum absolute atomic E-state index is 12.3. The van der Waals surface area contributed by atoms with Gasteiger partial charge in [-0.3, -0.25) is 14.9 Å². The number of amides is 1. The van der Waals surface area contributed by atoms with Crippen molar-refractivity contribution in [3.63, 3.8) is 0 Å². The van der Waals surface area contributed by atoms with Crippen LogP contribution in [0.4, 0.5) is 5.69 Å². The van der Waals surface area contributed by atoms with E-state index in [1.54, 1.807) is 13.8 Å². The molecule has 0 aliphatic carbocycles. The summed E-state index contributed by atoms with van der Waals surface area (Å²) in [5, 5.41) is 10.7. The van der Waals surface area contributed by atoms with Crippen molar-refractivity contribution in [1.29, 1.82) is 0 Å². The lowest BCUT2D eigenvalue weighted by Gasteiger charge is -2.23. The molecule has 8 nitrogen and oxygen atoms in total. The Kier molecular flexibility index (Phi) is 5.08. The SMILES string of the molecule is CC(C)N(CC(N)=O)S(=O)(=O)c1cc([N+](=O)[O-])c(Cl)s1. The van der Waals surface area contributed by atoms with Crippen molar-refractivity contribution in [2.45, 2.75) is 24.1 Å². The second-order valence-corrected chi connectivity index (χ2v) is 7.86. The van der Waals surface area contributed by atoms with Gasteiger partial charge in [0.1, 0.15) is 4.21 Å². The third-order valence-electron chi connectivity index (χ3n) is 2.29. The van der Waals surface area contributed by atoms with E-state index in [2.05, 4.69) is 0 Å². The smallest absolute Gasteiger partial charge is 0.300 e. The molecule has 0 spiro atoms. The lowest BCUT2D eigenvalue weighted by atomic mass is 10.4. The lowest BCUT2D eigenvalue weighted by Crippen LogP contribution is -2.42. The van der Waals surface area contributed by atoms with Crippen LogP contribution in [0.5, 0.6) is 0 Å². The van der Waals surface area contributed by atoms with E-state index in [1.165, 1.54) is 0 Å². The standard InChI is InChI=1S/C9H12ClN3O5S2/c1-5(2)12(4-7(11)14)20(17,18)8-3-6(13(15)16)9(10)19-8/h3,5H,4H2,1-2H3,(H2,11,14). The molecule has 20 heavy (non-hydrogen) atoms. The van der Waals surface area contributed by atoms with Crippen LogP contribution in [0.2, 0.25) is 4.34 Å². The summed E-state index contributed by atoms with van der Waals surface area (Å²) in [7, 11) is -4.07. The maximum atomic E-state index is 12.3. The summed E-state index contributed by atoms with van der Waals surface area (Å²) in [4.78, 5) is 20.9. The van der Waals surface area contributed by atoms with E-state index in [1.807, 2.05) is 0 Å². The Morgan fingerprint density at radius 3 is 2.50 bits per heavy atom. The molecule has 1 heterocycles. The molecular formula is C9H12ClN3O5S2. The molecule has 1 amide bonds. The summed E-state index contributed by atoms with van der Waals surface area (Å²) >= 11 is 6.20. The lowest BCUT2D eigenvalue weighted by molar-refractivity contribution is -0.384. The summed E-state index contributed by atoms with van der Waals surface area (Å²) < 4.78 is 25.0. The number of nitrogens with zero attached hydrogens (tertiary/aromatic N) is 2. The Hall–Kier alpha value is -1.23. The number of nitrogens with two attached hydrogens (primary N) is 1. The van der Waals surface area contributed by atoms with Crippen molar-refractivity contribution >= 4 is 44.6 Å². The fourth-order valence-electron chi connectivity index (χ4n) is 1.40. The van der Waals surface area contributed by atoms with Crippen LogP contribution in [-0.4, -0.2) is 36.1 Å². The molecule has 2 N–H and O–H groups in total. The zero-order valence-corrected chi connectivity index (χ0v) is 13.0. The first-order valence-electron chi connectivity index (χ1n) is 5.31. The third-order valence-corrected chi connectivity index (χ3v) is 6.10. The van der Waals surface area contributed by atoms with Gasteiger partial charge in [-0.25, -0.2) is 8.42 Å². The highest BCUT2D eigenvalue weighted by molar-refractivity contribution is 7.91. The fourth-order valence-corrected chi connectivity index (χ4v) is 4.80. The minimum absolute atomic E-state index is 0.239. The van der Waals surface area contributed by atoms with Gasteiger partial charge in [-0.05, 0) is 13.8 Å². The average Bonchev–Trinajstić information content (AvgIpc) is 2.68. The largest absolute Gasteiger partial charge is 0.369 e. The highest BCUT2D eigenvalue weighted by atomic mass is 35.5. The van der Waals surface area contributed by atoms with Gasteiger partial charge in [-0.15, -0.1) is 11.3 Å². The summed E-state index contributed by atoms with van der Waals surface area (Å²) in [6, 6.07) is 0.339. The van der Waals surface area contributed by atoms with Crippen LogP contribution in [0.3, 0.4) is 0 Å². The molecule has 0 unspecified atom stereocenters. The van der Waals surface area contributed by atoms with Crippen molar-refractivity contribution in [2.75, 3.05) is 6.54 Å². The maximum Gasteiger partial charge on any atom is 0.300 e. The van der Waals surface area contributed by atoms with Crippen LogP contribution in [0, 0.1) is 10.1 Å². The molecule has 0 aliphatic heterocycles. The zero-order chi connectivity index (χ0) is 15.7. The van der Waals surface area contributed by atoms with Crippen molar-refractivity contribution in [2.24, 2.45) is 5.73 Å². The van der Waals surface area contributed by atoms with Crippen molar-refractivity contribution in [3.05, 3.63) is 20.5 Å². The predicted octanol–water partition coefficient (Wildman–Crippen LogP) is 1.19. The molecule has 1 aromatic rings. The molecule has 11 heteroatoms. The normalized spacial score (nSPS) is 12.1. The number of hydrogen-bond acceptors (Lipinski definition) is 6. The highest BCUT2D eigenvalue weighted by Gasteiger charge is 2.32. The van der Waals surface area contributed by atoms with Crippen LogP contribution < -0.4 is 5.73 Å². The van der Waals surface area contributed by atoms with E-state index < -0.39 is 39.1 Å². The second kappa shape index (κ2) is 6.04. The number of thiophene rings is 1. The van der Waals surface area contributed by atoms with Crippen LogP contribution in [0.1, 0.15) is 13.8 Å². The molecule has 1 aromatic heterocycles. The van der Waals surface area contributed by atoms with Gasteiger partial charge in [0.05, 0.1) is 11.5 Å². The fraction of sp³-hybridized carbons (Fsp3) is 0.444. The summed E-state index contributed by atoms with van der Waals surface area (Å²) in [5.41, 5.74) is 4.53. The quantitative estimate of drug-likeness (QED) is 0.614. The first-order chi connectivity index (χ1) is 9.07. The summed E-state index contributed by atoms with van der Waals surface area (Å²) in [6.45, 7) is 2.61. The monoisotopic (exact) mass is 341 g/mol. The number of hydrogen-bond donors (Lipinski definition) is 1. The molecule has 112 valence electrons. The minimum Gasteiger partial charge on any atom is -0.369 e. The van der Waals surface area contributed by atoms with Gasteiger partial charge in [0.15, 0.2) is 4.34 Å². The van der Waals surface area contributed by atoms with E-state index in [0.29, 0.717) is 11.3 Å². The molecule has 0 radical (unpaired) electrons. The number of primary amides is 1. The average molecular weight is 342 g/mol. The van der Waals surface area contributed by atoms with E-state index in [0.717, 1.165) is 10.4 Å². The second-order valence-electron chi connectivity index (χ2n) is 4.09. The number of sulfonamides is 1. The van der Waals surface area contributed by atoms with Gasteiger partial charge in [0, 0.05) is 12.1 Å². The topological polar surface area (TPSA) is 124 Å². The first-order valence-corrected chi connectivity index (χ1v) is 7.94. The van der Waals surface area contributed by atoms with Gasteiger partial charge in [0.25, 0.3) is 15.7 Å². The third kappa shape index (κ3) is 3.45. The van der Waals surface area contributed by atoms with Crippen LogP contribution in [0.25, 0.3) is 0 Å². The highest BCUT2D eigenvalue weighted by Crippen LogP contribution is 2.37. The predicted molar refractivity (Wildman–Crippen MR) is 74.2 cm³/mol. The number of rotatable bonds is 6. The molecule has 0 aliphatic rings.